The van der Waals surface area contributed by atoms with Crippen molar-refractivity contribution in [2.45, 2.75) is 13.8 Å². The minimum Gasteiger partial charge on any atom is -0.493 e. The van der Waals surface area contributed by atoms with E-state index in [1.54, 1.807) is 48.5 Å². The van der Waals surface area contributed by atoms with Gasteiger partial charge in [0.15, 0.2) is 0 Å². The predicted molar refractivity (Wildman–Crippen MR) is 114 cm³/mol. The van der Waals surface area contributed by atoms with Crippen molar-refractivity contribution in [1.82, 2.24) is 10.6 Å². The van der Waals surface area contributed by atoms with Crippen LogP contribution in [0.5, 0.6) is 5.75 Å². The number of hydrogen-bond acceptors (Lipinski definition) is 5. The second kappa shape index (κ2) is 11.5. The Morgan fingerprint density at radius 3 is 2.23 bits per heavy atom. The Morgan fingerprint density at radius 2 is 1.67 bits per heavy atom. The number of aldehydes is 1. The number of amides is 2. The summed E-state index contributed by atoms with van der Waals surface area (Å²) >= 11 is 0. The Labute approximate surface area is 175 Å². The predicted octanol–water partition coefficient (Wildman–Crippen LogP) is 2.41. The summed E-state index contributed by atoms with van der Waals surface area (Å²) in [6, 6.07) is 13.2. The van der Waals surface area contributed by atoms with Crippen LogP contribution in [0.3, 0.4) is 0 Å². The van der Waals surface area contributed by atoms with Gasteiger partial charge < -0.3 is 20.5 Å². The molecular weight excluding hydrogens is 384 g/mol. The summed E-state index contributed by atoms with van der Waals surface area (Å²) in [6.45, 7) is 4.50. The van der Waals surface area contributed by atoms with Gasteiger partial charge in [0.25, 0.3) is 11.8 Å². The number of carbonyl (C=O) groups is 3. The molecule has 3 N–H and O–H groups in total. The fraction of sp³-hybridized carbons (Fsp3) is 0.261. The van der Waals surface area contributed by atoms with E-state index >= 15 is 0 Å². The highest BCUT2D eigenvalue weighted by molar-refractivity contribution is 6.05. The summed E-state index contributed by atoms with van der Waals surface area (Å²) in [5.74, 6) is 0.0553. The molecule has 0 bridgehead atoms. The van der Waals surface area contributed by atoms with Gasteiger partial charge in [-0.25, -0.2) is 0 Å². The molecule has 0 radical (unpaired) electrons. The summed E-state index contributed by atoms with van der Waals surface area (Å²) < 4.78 is 5.61. The fourth-order valence-corrected chi connectivity index (χ4v) is 2.42. The van der Waals surface area contributed by atoms with Gasteiger partial charge in [0.2, 0.25) is 0 Å². The van der Waals surface area contributed by atoms with Gasteiger partial charge in [-0.1, -0.05) is 38.1 Å². The number of rotatable bonds is 10. The van der Waals surface area contributed by atoms with Crippen molar-refractivity contribution in [2.75, 3.05) is 19.8 Å². The van der Waals surface area contributed by atoms with Gasteiger partial charge in [-0.15, -0.1) is 0 Å². The monoisotopic (exact) mass is 410 g/mol. The van der Waals surface area contributed by atoms with Crippen LogP contribution in [0.2, 0.25) is 0 Å². The van der Waals surface area contributed by atoms with Crippen molar-refractivity contribution >= 4 is 24.2 Å². The Bertz CT molecular complexity index is 887. The van der Waals surface area contributed by atoms with E-state index in [0.29, 0.717) is 35.0 Å². The Balaban J connectivity index is 2.17. The van der Waals surface area contributed by atoms with Gasteiger partial charge in [-0.3, -0.25) is 14.4 Å². The van der Waals surface area contributed by atoms with E-state index in [1.807, 2.05) is 13.8 Å². The maximum Gasteiger partial charge on any atom is 0.267 e. The highest BCUT2D eigenvalue weighted by Gasteiger charge is 2.14. The molecule has 0 fully saturated rings. The first-order valence-corrected chi connectivity index (χ1v) is 9.63. The lowest BCUT2D eigenvalue weighted by Gasteiger charge is -2.12. The number of benzene rings is 2. The molecule has 0 saturated carbocycles. The van der Waals surface area contributed by atoms with Crippen LogP contribution in [0, 0.1) is 5.92 Å². The fourth-order valence-electron chi connectivity index (χ4n) is 2.42. The van der Waals surface area contributed by atoms with Crippen molar-refractivity contribution < 1.29 is 24.2 Å². The second-order valence-electron chi connectivity index (χ2n) is 7.01. The van der Waals surface area contributed by atoms with Crippen molar-refractivity contribution in [3.63, 3.8) is 0 Å². The van der Waals surface area contributed by atoms with Crippen LogP contribution in [-0.2, 0) is 4.79 Å². The highest BCUT2D eigenvalue weighted by atomic mass is 16.5. The van der Waals surface area contributed by atoms with Crippen LogP contribution in [0.4, 0.5) is 0 Å². The number of hydrogen-bond donors (Lipinski definition) is 3. The third kappa shape index (κ3) is 7.18. The molecule has 0 unspecified atom stereocenters. The minimum absolute atomic E-state index is 0.0208. The van der Waals surface area contributed by atoms with E-state index in [-0.39, 0.29) is 18.8 Å². The quantitative estimate of drug-likeness (QED) is 0.412. The molecule has 7 heteroatoms. The van der Waals surface area contributed by atoms with Crippen LogP contribution in [0.25, 0.3) is 6.08 Å². The van der Waals surface area contributed by atoms with Gasteiger partial charge in [0, 0.05) is 17.7 Å². The van der Waals surface area contributed by atoms with Crippen molar-refractivity contribution in [3.8, 4) is 5.75 Å². The van der Waals surface area contributed by atoms with Crippen molar-refractivity contribution in [3.05, 3.63) is 70.9 Å². The van der Waals surface area contributed by atoms with Crippen LogP contribution >= 0.6 is 0 Å². The van der Waals surface area contributed by atoms with Crippen molar-refractivity contribution in [2.24, 2.45) is 5.92 Å². The first kappa shape index (κ1) is 22.8. The largest absolute Gasteiger partial charge is 0.493 e. The van der Waals surface area contributed by atoms with Crippen molar-refractivity contribution in [1.29, 1.82) is 0 Å². The van der Waals surface area contributed by atoms with Crippen LogP contribution in [0.15, 0.2) is 54.2 Å². The molecule has 2 rings (SSSR count). The lowest BCUT2D eigenvalue weighted by molar-refractivity contribution is -0.117. The van der Waals surface area contributed by atoms with Crippen LogP contribution in [0.1, 0.15) is 40.1 Å². The van der Waals surface area contributed by atoms with E-state index in [0.717, 1.165) is 6.29 Å². The molecule has 2 amide bonds. The van der Waals surface area contributed by atoms with E-state index in [4.69, 9.17) is 9.84 Å². The molecule has 0 spiro atoms. The Kier molecular flexibility index (Phi) is 8.77. The molecule has 0 aliphatic heterocycles. The highest BCUT2D eigenvalue weighted by Crippen LogP contribution is 2.14. The molecule has 30 heavy (non-hydrogen) atoms. The molecule has 0 aromatic heterocycles. The molecule has 7 nitrogen and oxygen atoms in total. The van der Waals surface area contributed by atoms with E-state index in [2.05, 4.69) is 10.6 Å². The Morgan fingerprint density at radius 1 is 1.03 bits per heavy atom. The number of nitrogens with one attached hydrogen (secondary N) is 2. The maximum absolute atomic E-state index is 12.6. The zero-order valence-electron chi connectivity index (χ0n) is 17.1. The van der Waals surface area contributed by atoms with Gasteiger partial charge >= 0.3 is 0 Å². The van der Waals surface area contributed by atoms with Crippen LogP contribution in [-0.4, -0.2) is 43.0 Å². The van der Waals surface area contributed by atoms with E-state index in [1.165, 1.54) is 6.08 Å². The molecule has 0 saturated heterocycles. The van der Waals surface area contributed by atoms with Gasteiger partial charge in [0.05, 0.1) is 13.2 Å². The summed E-state index contributed by atoms with van der Waals surface area (Å²) in [4.78, 5) is 35.8. The maximum atomic E-state index is 12.6. The van der Waals surface area contributed by atoms with E-state index in [9.17, 15) is 14.4 Å². The topological polar surface area (TPSA) is 105 Å². The average Bonchev–Trinajstić information content (AvgIpc) is 2.76. The molecular formula is C23H26N2O5. The molecule has 0 heterocycles. The third-order valence-electron chi connectivity index (χ3n) is 3.97. The normalized spacial score (nSPS) is 11.1. The lowest BCUT2D eigenvalue weighted by atomic mass is 10.1. The summed E-state index contributed by atoms with van der Waals surface area (Å²) in [5, 5.41) is 14.1. The standard InChI is InChI=1S/C23H26N2O5/c1-16(2)15-30-20-9-7-19(8-10-20)22(28)25-21(23(29)24-11-12-26)13-17-3-5-18(14-27)6-4-17/h3-10,13-14,16,26H,11-12,15H2,1-2H3,(H,24,29)(H,25,28)/b21-13-. The first-order valence-electron chi connectivity index (χ1n) is 9.63. The number of ether oxygens (including phenoxy) is 1. The molecule has 2 aromatic rings. The number of aliphatic hydroxyl groups is 1. The SMILES string of the molecule is CC(C)COc1ccc(C(=O)N/C(=C\c2ccc(C=O)cc2)C(=O)NCCO)cc1. The molecule has 158 valence electrons. The minimum atomic E-state index is -0.534. The second-order valence-corrected chi connectivity index (χ2v) is 7.01. The zero-order chi connectivity index (χ0) is 21.9. The molecule has 0 atom stereocenters. The number of aliphatic hydroxyl groups excluding tert-OH is 1. The zero-order valence-corrected chi connectivity index (χ0v) is 17.1. The lowest BCUT2D eigenvalue weighted by Crippen LogP contribution is -2.36. The van der Waals surface area contributed by atoms with Gasteiger partial charge in [0.1, 0.15) is 17.7 Å². The smallest absolute Gasteiger partial charge is 0.267 e. The third-order valence-corrected chi connectivity index (χ3v) is 3.97. The van der Waals surface area contributed by atoms with Gasteiger partial charge in [-0.2, -0.15) is 0 Å². The summed E-state index contributed by atoms with van der Waals surface area (Å²) in [6.07, 6.45) is 2.22. The Hall–Kier alpha value is -3.45. The number of carbonyl (C=O) groups excluding carboxylic acids is 3. The van der Waals surface area contributed by atoms with E-state index < -0.39 is 11.8 Å². The average molecular weight is 410 g/mol. The summed E-state index contributed by atoms with van der Waals surface area (Å²) in [5.41, 5.74) is 1.52. The van der Waals surface area contributed by atoms with Gasteiger partial charge in [-0.05, 0) is 41.8 Å². The first-order chi connectivity index (χ1) is 14.4. The molecule has 2 aromatic carbocycles. The molecule has 0 aliphatic carbocycles. The summed E-state index contributed by atoms with van der Waals surface area (Å²) in [7, 11) is 0. The van der Waals surface area contributed by atoms with Crippen LogP contribution < -0.4 is 15.4 Å². The molecule has 0 aliphatic rings.